The number of unbranched alkanes of at least 4 members (excludes halogenated alkanes) is 1. The van der Waals surface area contributed by atoms with Gasteiger partial charge in [0.05, 0.1) is 6.54 Å². The summed E-state index contributed by atoms with van der Waals surface area (Å²) in [7, 11) is 0. The molecule has 134 valence electrons. The van der Waals surface area contributed by atoms with Crippen LogP contribution in [0.5, 0.6) is 0 Å². The van der Waals surface area contributed by atoms with Crippen molar-refractivity contribution in [3.8, 4) is 0 Å². The molecule has 1 rings (SSSR count). The third-order valence-electron chi connectivity index (χ3n) is 3.30. The van der Waals surface area contributed by atoms with Crippen molar-refractivity contribution in [2.45, 2.75) is 53.5 Å². The molecule has 6 heteroatoms. The first-order valence-corrected chi connectivity index (χ1v) is 8.33. The standard InChI is InChI=1S/C17H31N3O2.HI/c1-5-7-10-21-11-8-9-19-17(18-6-2)20-13-16-12-14(3)22-15(16)4;/h12H,5-11,13H2,1-4H3,(H2,18,19,20);1H. The highest BCUT2D eigenvalue weighted by molar-refractivity contribution is 14.0. The minimum atomic E-state index is 0. The maximum Gasteiger partial charge on any atom is 0.191 e. The average molecular weight is 437 g/mol. The molecule has 23 heavy (non-hydrogen) atoms. The quantitative estimate of drug-likeness (QED) is 0.253. The van der Waals surface area contributed by atoms with E-state index in [0.717, 1.165) is 62.2 Å². The molecule has 1 aromatic rings. The Balaban J connectivity index is 0.00000484. The van der Waals surface area contributed by atoms with E-state index >= 15 is 0 Å². The van der Waals surface area contributed by atoms with Gasteiger partial charge in [0, 0.05) is 31.9 Å². The summed E-state index contributed by atoms with van der Waals surface area (Å²) < 4.78 is 11.1. The van der Waals surface area contributed by atoms with E-state index in [0.29, 0.717) is 6.54 Å². The summed E-state index contributed by atoms with van der Waals surface area (Å²) in [5.41, 5.74) is 1.14. The van der Waals surface area contributed by atoms with Gasteiger partial charge in [-0.1, -0.05) is 13.3 Å². The summed E-state index contributed by atoms with van der Waals surface area (Å²) in [6, 6.07) is 2.05. The lowest BCUT2D eigenvalue weighted by atomic mass is 10.2. The Hall–Kier alpha value is -0.760. The van der Waals surface area contributed by atoms with Crippen LogP contribution >= 0.6 is 24.0 Å². The fourth-order valence-electron chi connectivity index (χ4n) is 2.08. The van der Waals surface area contributed by atoms with Crippen molar-refractivity contribution in [3.63, 3.8) is 0 Å². The van der Waals surface area contributed by atoms with Crippen molar-refractivity contribution in [1.29, 1.82) is 0 Å². The molecule has 0 aromatic carbocycles. The number of furan rings is 1. The zero-order chi connectivity index (χ0) is 16.2. The predicted molar refractivity (Wildman–Crippen MR) is 107 cm³/mol. The number of rotatable bonds is 10. The van der Waals surface area contributed by atoms with E-state index in [1.54, 1.807) is 0 Å². The minimum absolute atomic E-state index is 0. The van der Waals surface area contributed by atoms with Gasteiger partial charge in [-0.25, -0.2) is 4.99 Å². The van der Waals surface area contributed by atoms with Gasteiger partial charge < -0.3 is 19.8 Å². The first-order chi connectivity index (χ1) is 10.7. The van der Waals surface area contributed by atoms with Gasteiger partial charge in [-0.15, -0.1) is 24.0 Å². The normalized spacial score (nSPS) is 11.2. The largest absolute Gasteiger partial charge is 0.466 e. The average Bonchev–Trinajstić information content (AvgIpc) is 2.81. The zero-order valence-electron chi connectivity index (χ0n) is 14.9. The number of aryl methyl sites for hydroxylation is 2. The van der Waals surface area contributed by atoms with Crippen molar-refractivity contribution < 1.29 is 9.15 Å². The van der Waals surface area contributed by atoms with E-state index in [-0.39, 0.29) is 24.0 Å². The lowest BCUT2D eigenvalue weighted by Gasteiger charge is -2.11. The molecule has 2 N–H and O–H groups in total. The molecule has 5 nitrogen and oxygen atoms in total. The van der Waals surface area contributed by atoms with Gasteiger partial charge in [-0.05, 0) is 39.7 Å². The maximum absolute atomic E-state index is 5.55. The van der Waals surface area contributed by atoms with E-state index in [4.69, 9.17) is 9.15 Å². The molecule has 0 radical (unpaired) electrons. The predicted octanol–water partition coefficient (Wildman–Crippen LogP) is 3.78. The molecule has 0 aliphatic carbocycles. The molecule has 0 amide bonds. The van der Waals surface area contributed by atoms with Crippen molar-refractivity contribution in [2.24, 2.45) is 4.99 Å². The van der Waals surface area contributed by atoms with Crippen LogP contribution < -0.4 is 10.6 Å². The van der Waals surface area contributed by atoms with Gasteiger partial charge in [0.1, 0.15) is 11.5 Å². The first kappa shape index (κ1) is 22.2. The molecule has 0 aliphatic rings. The number of hydrogen-bond donors (Lipinski definition) is 2. The van der Waals surface area contributed by atoms with Crippen LogP contribution in [0.4, 0.5) is 0 Å². The fraction of sp³-hybridized carbons (Fsp3) is 0.706. The van der Waals surface area contributed by atoms with Crippen LogP contribution in [0.15, 0.2) is 15.5 Å². The monoisotopic (exact) mass is 437 g/mol. The fourth-order valence-corrected chi connectivity index (χ4v) is 2.08. The highest BCUT2D eigenvalue weighted by Gasteiger charge is 2.04. The maximum atomic E-state index is 5.55. The smallest absolute Gasteiger partial charge is 0.191 e. The molecule has 0 spiro atoms. The van der Waals surface area contributed by atoms with E-state index < -0.39 is 0 Å². The van der Waals surface area contributed by atoms with Crippen molar-refractivity contribution in [1.82, 2.24) is 10.6 Å². The summed E-state index contributed by atoms with van der Waals surface area (Å²) >= 11 is 0. The number of halogens is 1. The van der Waals surface area contributed by atoms with Crippen LogP contribution in [0.25, 0.3) is 0 Å². The second-order valence-electron chi connectivity index (χ2n) is 5.38. The number of aliphatic imine (C=N–C) groups is 1. The Kier molecular flexibility index (Phi) is 13.2. The Morgan fingerprint density at radius 1 is 1.17 bits per heavy atom. The third-order valence-corrected chi connectivity index (χ3v) is 3.30. The molecule has 1 aromatic heterocycles. The number of nitrogens with zero attached hydrogens (tertiary/aromatic N) is 1. The molecule has 0 fully saturated rings. The second kappa shape index (κ2) is 13.7. The van der Waals surface area contributed by atoms with Gasteiger partial charge in [-0.3, -0.25) is 0 Å². The molecular weight excluding hydrogens is 405 g/mol. The summed E-state index contributed by atoms with van der Waals surface area (Å²) in [5.74, 6) is 2.72. The van der Waals surface area contributed by atoms with Crippen LogP contribution in [0.2, 0.25) is 0 Å². The number of hydrogen-bond acceptors (Lipinski definition) is 3. The Labute approximate surface area is 157 Å². The lowest BCUT2D eigenvalue weighted by Crippen LogP contribution is -2.38. The van der Waals surface area contributed by atoms with Gasteiger partial charge >= 0.3 is 0 Å². The second-order valence-corrected chi connectivity index (χ2v) is 5.38. The molecule has 0 atom stereocenters. The van der Waals surface area contributed by atoms with Crippen LogP contribution in [-0.2, 0) is 11.3 Å². The summed E-state index contributed by atoms with van der Waals surface area (Å²) in [6.07, 6.45) is 3.31. The number of nitrogens with one attached hydrogen (secondary N) is 2. The lowest BCUT2D eigenvalue weighted by molar-refractivity contribution is 0.129. The van der Waals surface area contributed by atoms with Crippen molar-refractivity contribution in [2.75, 3.05) is 26.3 Å². The third kappa shape index (κ3) is 9.86. The first-order valence-electron chi connectivity index (χ1n) is 8.33. The molecule has 0 aliphatic heterocycles. The molecule has 0 saturated heterocycles. The van der Waals surface area contributed by atoms with E-state index in [1.165, 1.54) is 6.42 Å². The van der Waals surface area contributed by atoms with Gasteiger partial charge in [0.2, 0.25) is 0 Å². The minimum Gasteiger partial charge on any atom is -0.466 e. The summed E-state index contributed by atoms with van der Waals surface area (Å²) in [5, 5.41) is 6.59. The van der Waals surface area contributed by atoms with Gasteiger partial charge in [0.25, 0.3) is 0 Å². The number of guanidine groups is 1. The van der Waals surface area contributed by atoms with Gasteiger partial charge in [0.15, 0.2) is 5.96 Å². The van der Waals surface area contributed by atoms with E-state index in [2.05, 4.69) is 29.5 Å². The molecule has 0 bridgehead atoms. The van der Waals surface area contributed by atoms with E-state index in [1.807, 2.05) is 19.9 Å². The number of ether oxygens (including phenoxy) is 1. The van der Waals surface area contributed by atoms with Crippen LogP contribution in [0.3, 0.4) is 0 Å². The topological polar surface area (TPSA) is 58.8 Å². The molecule has 0 unspecified atom stereocenters. The Bertz CT molecular complexity index is 447. The SMILES string of the molecule is CCCCOCCCNC(=NCc1cc(C)oc1C)NCC.I. The highest BCUT2D eigenvalue weighted by atomic mass is 127. The zero-order valence-corrected chi connectivity index (χ0v) is 17.2. The molecule has 0 saturated carbocycles. The summed E-state index contributed by atoms with van der Waals surface area (Å²) in [6.45, 7) is 12.2. The van der Waals surface area contributed by atoms with Crippen LogP contribution in [0.1, 0.15) is 50.2 Å². The van der Waals surface area contributed by atoms with Crippen LogP contribution in [-0.4, -0.2) is 32.3 Å². The highest BCUT2D eigenvalue weighted by Crippen LogP contribution is 2.14. The summed E-state index contributed by atoms with van der Waals surface area (Å²) in [4.78, 5) is 4.60. The van der Waals surface area contributed by atoms with Crippen molar-refractivity contribution >= 4 is 29.9 Å². The van der Waals surface area contributed by atoms with Crippen molar-refractivity contribution in [3.05, 3.63) is 23.2 Å². The van der Waals surface area contributed by atoms with Gasteiger partial charge in [-0.2, -0.15) is 0 Å². The van der Waals surface area contributed by atoms with Crippen LogP contribution in [0, 0.1) is 13.8 Å². The molecule has 1 heterocycles. The Morgan fingerprint density at radius 3 is 2.52 bits per heavy atom. The van der Waals surface area contributed by atoms with E-state index in [9.17, 15) is 0 Å². The molecular formula is C17H32IN3O2. The Morgan fingerprint density at radius 2 is 1.91 bits per heavy atom.